The molecule has 2 aliphatic carbocycles. The summed E-state index contributed by atoms with van der Waals surface area (Å²) in [5.74, 6) is 0. The molecule has 1 saturated carbocycles. The minimum atomic E-state index is 0.578. The number of fused-ring (bicyclic) bond motifs is 2. The topological polar surface area (TPSA) is 12.0 Å². The first-order chi connectivity index (χ1) is 6.75. The third kappa shape index (κ3) is 0.992. The van der Waals surface area contributed by atoms with Gasteiger partial charge in [0.25, 0.3) is 0 Å². The zero-order chi connectivity index (χ0) is 9.76. The predicted octanol–water partition coefficient (Wildman–Crippen LogP) is 2.69. The molecule has 1 aromatic rings. The molecule has 14 heavy (non-hydrogen) atoms. The monoisotopic (exact) mass is 187 g/mol. The number of nitrogens with one attached hydrogen (secondary N) is 1. The van der Waals surface area contributed by atoms with E-state index in [9.17, 15) is 0 Å². The highest BCUT2D eigenvalue weighted by molar-refractivity contribution is 5.47. The summed E-state index contributed by atoms with van der Waals surface area (Å²) >= 11 is 0. The second-order valence-electron chi connectivity index (χ2n) is 4.92. The van der Waals surface area contributed by atoms with Gasteiger partial charge in [-0.1, -0.05) is 23.8 Å². The second-order valence-corrected chi connectivity index (χ2v) is 4.92. The van der Waals surface area contributed by atoms with Crippen LogP contribution in [0, 0.1) is 6.92 Å². The number of hydrogen-bond acceptors (Lipinski definition) is 1. The van der Waals surface area contributed by atoms with E-state index in [0.717, 1.165) is 0 Å². The molecule has 1 nitrogen and oxygen atoms in total. The van der Waals surface area contributed by atoms with Crippen molar-refractivity contribution in [3.05, 3.63) is 34.9 Å². The van der Waals surface area contributed by atoms with Crippen LogP contribution in [0.1, 0.15) is 42.0 Å². The number of benzene rings is 1. The van der Waals surface area contributed by atoms with Gasteiger partial charge >= 0.3 is 0 Å². The summed E-state index contributed by atoms with van der Waals surface area (Å²) in [7, 11) is 2.08. The molecule has 0 aromatic heterocycles. The van der Waals surface area contributed by atoms with Gasteiger partial charge in [-0.15, -0.1) is 0 Å². The fraction of sp³-hybridized carbons (Fsp3) is 0.538. The van der Waals surface area contributed by atoms with Crippen LogP contribution >= 0.6 is 0 Å². The van der Waals surface area contributed by atoms with Crippen LogP contribution in [0.2, 0.25) is 0 Å². The Morgan fingerprint density at radius 2 is 2.14 bits per heavy atom. The van der Waals surface area contributed by atoms with Gasteiger partial charge in [0.2, 0.25) is 0 Å². The SMILES string of the molecule is CNC1CC2(CC2)c2cc(C)ccc21. The molecule has 1 N–H and O–H groups in total. The van der Waals surface area contributed by atoms with Crippen LogP contribution < -0.4 is 5.32 Å². The van der Waals surface area contributed by atoms with Crippen molar-refractivity contribution in [3.63, 3.8) is 0 Å². The molecule has 0 saturated heterocycles. The van der Waals surface area contributed by atoms with Crippen molar-refractivity contribution in [2.45, 2.75) is 37.6 Å². The van der Waals surface area contributed by atoms with E-state index in [0.29, 0.717) is 11.5 Å². The summed E-state index contributed by atoms with van der Waals surface area (Å²) in [6.07, 6.45) is 4.13. The normalized spacial score (nSPS) is 26.6. The maximum absolute atomic E-state index is 3.44. The highest BCUT2D eigenvalue weighted by Gasteiger charge is 2.51. The van der Waals surface area contributed by atoms with Crippen molar-refractivity contribution in [1.82, 2.24) is 5.32 Å². The second kappa shape index (κ2) is 2.60. The van der Waals surface area contributed by atoms with E-state index in [1.807, 2.05) is 0 Å². The molecular formula is C13H17N. The summed E-state index contributed by atoms with van der Waals surface area (Å²) in [5.41, 5.74) is 5.17. The molecule has 3 rings (SSSR count). The first-order valence-electron chi connectivity index (χ1n) is 5.53. The van der Waals surface area contributed by atoms with Crippen molar-refractivity contribution in [1.29, 1.82) is 0 Å². The van der Waals surface area contributed by atoms with Crippen molar-refractivity contribution in [2.75, 3.05) is 7.05 Å². The lowest BCUT2D eigenvalue weighted by molar-refractivity contribution is 0.526. The number of hydrogen-bond donors (Lipinski definition) is 1. The molecule has 1 aromatic carbocycles. The van der Waals surface area contributed by atoms with E-state index in [-0.39, 0.29) is 0 Å². The summed E-state index contributed by atoms with van der Waals surface area (Å²) in [6.45, 7) is 2.20. The Morgan fingerprint density at radius 1 is 1.36 bits per heavy atom. The molecule has 0 aliphatic heterocycles. The van der Waals surface area contributed by atoms with E-state index in [2.05, 4.69) is 37.5 Å². The largest absolute Gasteiger partial charge is 0.313 e. The quantitative estimate of drug-likeness (QED) is 0.712. The molecular weight excluding hydrogens is 170 g/mol. The highest BCUT2D eigenvalue weighted by atomic mass is 14.9. The maximum atomic E-state index is 3.44. The lowest BCUT2D eigenvalue weighted by Crippen LogP contribution is -2.13. The number of rotatable bonds is 1. The Labute approximate surface area is 85.5 Å². The molecule has 0 heterocycles. The van der Waals surface area contributed by atoms with Crippen molar-refractivity contribution < 1.29 is 0 Å². The number of aryl methyl sites for hydroxylation is 1. The van der Waals surface area contributed by atoms with Gasteiger partial charge in [0.05, 0.1) is 0 Å². The molecule has 1 unspecified atom stereocenters. The minimum absolute atomic E-state index is 0.578. The van der Waals surface area contributed by atoms with Crippen LogP contribution in [0.5, 0.6) is 0 Å². The molecule has 1 fully saturated rings. The standard InChI is InChI=1S/C13H17N/c1-9-3-4-10-11(7-9)13(5-6-13)8-12(10)14-2/h3-4,7,12,14H,5-6,8H2,1-2H3. The lowest BCUT2D eigenvalue weighted by Gasteiger charge is -2.09. The van der Waals surface area contributed by atoms with Gasteiger partial charge in [0, 0.05) is 6.04 Å². The van der Waals surface area contributed by atoms with E-state index in [1.54, 1.807) is 11.1 Å². The molecule has 74 valence electrons. The van der Waals surface area contributed by atoms with Crippen molar-refractivity contribution in [2.24, 2.45) is 0 Å². The Kier molecular flexibility index (Phi) is 1.58. The van der Waals surface area contributed by atoms with Crippen LogP contribution in [0.4, 0.5) is 0 Å². The average Bonchev–Trinajstić information content (AvgIpc) is 2.88. The molecule has 1 spiro atoms. The maximum Gasteiger partial charge on any atom is 0.0328 e. The predicted molar refractivity (Wildman–Crippen MR) is 58.5 cm³/mol. The summed E-state index contributed by atoms with van der Waals surface area (Å²) in [5, 5.41) is 3.44. The van der Waals surface area contributed by atoms with Gasteiger partial charge in [-0.05, 0) is 49.8 Å². The van der Waals surface area contributed by atoms with Gasteiger partial charge in [0.1, 0.15) is 0 Å². The van der Waals surface area contributed by atoms with E-state index >= 15 is 0 Å². The van der Waals surface area contributed by atoms with Gasteiger partial charge in [-0.25, -0.2) is 0 Å². The van der Waals surface area contributed by atoms with Crippen LogP contribution in [-0.4, -0.2) is 7.05 Å². The van der Waals surface area contributed by atoms with Gasteiger partial charge in [-0.2, -0.15) is 0 Å². The summed E-state index contributed by atoms with van der Waals surface area (Å²) < 4.78 is 0. The fourth-order valence-corrected chi connectivity index (χ4v) is 2.93. The Morgan fingerprint density at radius 3 is 2.79 bits per heavy atom. The van der Waals surface area contributed by atoms with Gasteiger partial charge in [-0.3, -0.25) is 0 Å². The average molecular weight is 187 g/mol. The zero-order valence-electron chi connectivity index (χ0n) is 8.93. The van der Waals surface area contributed by atoms with Crippen molar-refractivity contribution >= 4 is 0 Å². The van der Waals surface area contributed by atoms with E-state index in [1.165, 1.54) is 24.8 Å². The van der Waals surface area contributed by atoms with E-state index < -0.39 is 0 Å². The van der Waals surface area contributed by atoms with Crippen LogP contribution in [-0.2, 0) is 5.41 Å². The fourth-order valence-electron chi connectivity index (χ4n) is 2.93. The zero-order valence-corrected chi connectivity index (χ0v) is 8.93. The summed E-state index contributed by atoms with van der Waals surface area (Å²) in [4.78, 5) is 0. The van der Waals surface area contributed by atoms with Crippen LogP contribution in [0.15, 0.2) is 18.2 Å². The first-order valence-corrected chi connectivity index (χ1v) is 5.53. The molecule has 2 aliphatic rings. The molecule has 1 heteroatoms. The Balaban J connectivity index is 2.14. The lowest BCUT2D eigenvalue weighted by atomic mass is 9.97. The van der Waals surface area contributed by atoms with Crippen LogP contribution in [0.25, 0.3) is 0 Å². The van der Waals surface area contributed by atoms with Crippen LogP contribution in [0.3, 0.4) is 0 Å². The Hall–Kier alpha value is -0.820. The Bertz CT molecular complexity index is 377. The smallest absolute Gasteiger partial charge is 0.0328 e. The minimum Gasteiger partial charge on any atom is -0.313 e. The highest BCUT2D eigenvalue weighted by Crippen LogP contribution is 2.59. The molecule has 0 amide bonds. The third-order valence-electron chi connectivity index (χ3n) is 3.95. The molecule has 0 radical (unpaired) electrons. The molecule has 0 bridgehead atoms. The van der Waals surface area contributed by atoms with Crippen molar-refractivity contribution in [3.8, 4) is 0 Å². The van der Waals surface area contributed by atoms with E-state index in [4.69, 9.17) is 0 Å². The summed E-state index contributed by atoms with van der Waals surface area (Å²) in [6, 6.07) is 7.57. The van der Waals surface area contributed by atoms with Gasteiger partial charge in [0.15, 0.2) is 0 Å². The first kappa shape index (κ1) is 8.49. The molecule has 1 atom stereocenters. The third-order valence-corrected chi connectivity index (χ3v) is 3.95. The van der Waals surface area contributed by atoms with Gasteiger partial charge < -0.3 is 5.32 Å².